The van der Waals surface area contributed by atoms with Gasteiger partial charge in [0.25, 0.3) is 0 Å². The summed E-state index contributed by atoms with van der Waals surface area (Å²) in [6.45, 7) is 8.09. The van der Waals surface area contributed by atoms with Gasteiger partial charge < -0.3 is 5.32 Å². The van der Waals surface area contributed by atoms with Crippen LogP contribution in [0.2, 0.25) is 0 Å². The molecular weight excluding hydrogens is 194 g/mol. The zero-order valence-corrected chi connectivity index (χ0v) is 11.2. The second-order valence-electron chi connectivity index (χ2n) is 5.97. The van der Waals surface area contributed by atoms with Crippen molar-refractivity contribution in [3.63, 3.8) is 0 Å². The third-order valence-electron chi connectivity index (χ3n) is 3.95. The van der Waals surface area contributed by atoms with Crippen molar-refractivity contribution in [1.82, 2.24) is 5.32 Å². The molecule has 1 fully saturated rings. The molecule has 1 aliphatic carbocycles. The van der Waals surface area contributed by atoms with Crippen LogP contribution >= 0.6 is 0 Å². The summed E-state index contributed by atoms with van der Waals surface area (Å²) in [5.74, 6) is 3.63. The van der Waals surface area contributed by atoms with Gasteiger partial charge in [0, 0.05) is 12.5 Å². The van der Waals surface area contributed by atoms with Gasteiger partial charge in [0.05, 0.1) is 0 Å². The predicted octanol–water partition coefficient (Wildman–Crippen LogP) is 3.59. The maximum absolute atomic E-state index is 5.47. The zero-order valence-electron chi connectivity index (χ0n) is 11.2. The molecule has 1 saturated carbocycles. The molecule has 1 unspecified atom stereocenters. The van der Waals surface area contributed by atoms with Gasteiger partial charge in [-0.1, -0.05) is 20.8 Å². The van der Waals surface area contributed by atoms with Gasteiger partial charge in [-0.3, -0.25) is 0 Å². The van der Waals surface area contributed by atoms with Crippen LogP contribution in [0.25, 0.3) is 0 Å². The van der Waals surface area contributed by atoms with Crippen molar-refractivity contribution in [3.8, 4) is 12.3 Å². The Hall–Kier alpha value is -0.480. The normalized spacial score (nSPS) is 22.6. The SMILES string of the molecule is C#CCC(NCCC)C1CCC(C)(C)CC1. The first-order valence-electron chi connectivity index (χ1n) is 6.76. The van der Waals surface area contributed by atoms with Crippen molar-refractivity contribution < 1.29 is 0 Å². The molecule has 0 saturated heterocycles. The molecular formula is C15H27N. The summed E-state index contributed by atoms with van der Waals surface area (Å²) in [4.78, 5) is 0. The van der Waals surface area contributed by atoms with Gasteiger partial charge in [-0.05, 0) is 50.0 Å². The Morgan fingerprint density at radius 3 is 2.50 bits per heavy atom. The average Bonchev–Trinajstić information content (AvgIpc) is 2.25. The minimum Gasteiger partial charge on any atom is -0.313 e. The number of terminal acetylenes is 1. The van der Waals surface area contributed by atoms with Crippen LogP contribution in [0.15, 0.2) is 0 Å². The maximum Gasteiger partial charge on any atom is 0.0243 e. The number of rotatable bonds is 5. The molecule has 1 nitrogen and oxygen atoms in total. The van der Waals surface area contributed by atoms with Gasteiger partial charge in [-0.15, -0.1) is 12.3 Å². The van der Waals surface area contributed by atoms with E-state index < -0.39 is 0 Å². The molecule has 0 aromatic heterocycles. The lowest BCUT2D eigenvalue weighted by atomic mass is 9.70. The lowest BCUT2D eigenvalue weighted by molar-refractivity contribution is 0.162. The molecule has 1 heteroatoms. The minimum absolute atomic E-state index is 0.557. The average molecular weight is 221 g/mol. The van der Waals surface area contributed by atoms with Gasteiger partial charge in [0.2, 0.25) is 0 Å². The van der Waals surface area contributed by atoms with Crippen LogP contribution in [0, 0.1) is 23.7 Å². The first-order chi connectivity index (χ1) is 7.59. The highest BCUT2D eigenvalue weighted by molar-refractivity contribution is 4.94. The van der Waals surface area contributed by atoms with E-state index in [1.54, 1.807) is 0 Å². The van der Waals surface area contributed by atoms with Crippen LogP contribution in [0.1, 0.15) is 59.3 Å². The van der Waals surface area contributed by atoms with Gasteiger partial charge in [0.1, 0.15) is 0 Å². The fourth-order valence-electron chi connectivity index (χ4n) is 2.69. The molecule has 1 N–H and O–H groups in total. The molecule has 0 aromatic rings. The monoisotopic (exact) mass is 221 g/mol. The van der Waals surface area contributed by atoms with E-state index in [2.05, 4.69) is 32.0 Å². The highest BCUT2D eigenvalue weighted by Gasteiger charge is 2.30. The lowest BCUT2D eigenvalue weighted by Gasteiger charge is -2.38. The van der Waals surface area contributed by atoms with E-state index in [0.717, 1.165) is 18.9 Å². The highest BCUT2D eigenvalue weighted by Crippen LogP contribution is 2.39. The second kappa shape index (κ2) is 6.30. The second-order valence-corrected chi connectivity index (χ2v) is 5.97. The standard InChI is InChI=1S/C15H27N/c1-5-7-14(16-12-6-2)13-8-10-15(3,4)11-9-13/h1,13-14,16H,6-12H2,2-4H3. The van der Waals surface area contributed by atoms with Crippen molar-refractivity contribution in [3.05, 3.63) is 0 Å². The first kappa shape index (κ1) is 13.6. The third-order valence-corrected chi connectivity index (χ3v) is 3.95. The molecule has 1 aliphatic rings. The van der Waals surface area contributed by atoms with E-state index in [4.69, 9.17) is 6.42 Å². The minimum atomic E-state index is 0.557. The molecule has 0 amide bonds. The van der Waals surface area contributed by atoms with Gasteiger partial charge in [-0.25, -0.2) is 0 Å². The molecule has 0 spiro atoms. The van der Waals surface area contributed by atoms with Crippen molar-refractivity contribution >= 4 is 0 Å². The van der Waals surface area contributed by atoms with Crippen LogP contribution in [-0.4, -0.2) is 12.6 Å². The molecule has 0 aromatic carbocycles. The number of nitrogens with one attached hydrogen (secondary N) is 1. The Labute approximate surface area is 101 Å². The molecule has 0 radical (unpaired) electrons. The Morgan fingerprint density at radius 1 is 1.38 bits per heavy atom. The summed E-state index contributed by atoms with van der Waals surface area (Å²) in [6.07, 6.45) is 13.0. The first-order valence-corrected chi connectivity index (χ1v) is 6.76. The Kier molecular flexibility index (Phi) is 5.35. The summed E-state index contributed by atoms with van der Waals surface area (Å²) in [7, 11) is 0. The molecule has 1 rings (SSSR count). The largest absolute Gasteiger partial charge is 0.313 e. The van der Waals surface area contributed by atoms with E-state index in [-0.39, 0.29) is 0 Å². The van der Waals surface area contributed by atoms with E-state index in [1.807, 2.05) is 0 Å². The fourth-order valence-corrected chi connectivity index (χ4v) is 2.69. The number of hydrogen-bond acceptors (Lipinski definition) is 1. The summed E-state index contributed by atoms with van der Waals surface area (Å²) < 4.78 is 0. The van der Waals surface area contributed by atoms with Crippen LogP contribution in [-0.2, 0) is 0 Å². The quantitative estimate of drug-likeness (QED) is 0.700. The van der Waals surface area contributed by atoms with Crippen LogP contribution in [0.4, 0.5) is 0 Å². The molecule has 1 atom stereocenters. The van der Waals surface area contributed by atoms with Crippen molar-refractivity contribution in [2.24, 2.45) is 11.3 Å². The Balaban J connectivity index is 2.43. The van der Waals surface area contributed by atoms with E-state index in [9.17, 15) is 0 Å². The summed E-state index contributed by atoms with van der Waals surface area (Å²) >= 11 is 0. The molecule has 0 aliphatic heterocycles. The summed E-state index contributed by atoms with van der Waals surface area (Å²) in [5, 5.41) is 3.62. The molecule has 0 heterocycles. The highest BCUT2D eigenvalue weighted by atomic mass is 14.9. The zero-order chi connectivity index (χ0) is 12.0. The van der Waals surface area contributed by atoms with Gasteiger partial charge in [-0.2, -0.15) is 0 Å². The topological polar surface area (TPSA) is 12.0 Å². The van der Waals surface area contributed by atoms with E-state index >= 15 is 0 Å². The Morgan fingerprint density at radius 2 is 2.00 bits per heavy atom. The van der Waals surface area contributed by atoms with Crippen LogP contribution in [0.5, 0.6) is 0 Å². The van der Waals surface area contributed by atoms with Crippen LogP contribution < -0.4 is 5.32 Å². The van der Waals surface area contributed by atoms with E-state index in [0.29, 0.717) is 11.5 Å². The predicted molar refractivity (Wildman–Crippen MR) is 71.3 cm³/mol. The van der Waals surface area contributed by atoms with Crippen molar-refractivity contribution in [1.29, 1.82) is 0 Å². The lowest BCUT2D eigenvalue weighted by Crippen LogP contribution is -2.39. The smallest absolute Gasteiger partial charge is 0.0243 e. The van der Waals surface area contributed by atoms with E-state index in [1.165, 1.54) is 32.1 Å². The summed E-state index contributed by atoms with van der Waals surface area (Å²) in [6, 6.07) is 0.557. The van der Waals surface area contributed by atoms with Crippen molar-refractivity contribution in [2.75, 3.05) is 6.54 Å². The maximum atomic E-state index is 5.47. The van der Waals surface area contributed by atoms with Gasteiger partial charge in [0.15, 0.2) is 0 Å². The van der Waals surface area contributed by atoms with Crippen molar-refractivity contribution in [2.45, 2.75) is 65.3 Å². The Bertz CT molecular complexity index is 226. The summed E-state index contributed by atoms with van der Waals surface area (Å²) in [5.41, 5.74) is 0.557. The molecule has 92 valence electrons. The van der Waals surface area contributed by atoms with Crippen LogP contribution in [0.3, 0.4) is 0 Å². The fraction of sp³-hybridized carbons (Fsp3) is 0.867. The number of hydrogen-bond donors (Lipinski definition) is 1. The molecule has 0 bridgehead atoms. The third kappa shape index (κ3) is 4.18. The van der Waals surface area contributed by atoms with Gasteiger partial charge >= 0.3 is 0 Å². The molecule has 16 heavy (non-hydrogen) atoms.